The van der Waals surface area contributed by atoms with Crippen molar-refractivity contribution >= 4 is 51.2 Å². The van der Waals surface area contributed by atoms with Crippen LogP contribution < -0.4 is 14.7 Å². The van der Waals surface area contributed by atoms with Gasteiger partial charge in [0.1, 0.15) is 0 Å². The van der Waals surface area contributed by atoms with Crippen molar-refractivity contribution < 1.29 is 0 Å². The lowest BCUT2D eigenvalue weighted by atomic mass is 9.79. The lowest BCUT2D eigenvalue weighted by Crippen LogP contribution is -2.19. The van der Waals surface area contributed by atoms with Crippen molar-refractivity contribution in [1.82, 2.24) is 0 Å². The van der Waals surface area contributed by atoms with Gasteiger partial charge in [0, 0.05) is 67.4 Å². The molecule has 0 radical (unpaired) electrons. The molecule has 0 saturated heterocycles. The molecule has 0 atom stereocenters. The van der Waals surface area contributed by atoms with Crippen molar-refractivity contribution in [2.24, 2.45) is 0 Å². The van der Waals surface area contributed by atoms with Crippen LogP contribution in [0.2, 0.25) is 0 Å². The van der Waals surface area contributed by atoms with Crippen molar-refractivity contribution in [2.75, 3.05) is 14.7 Å². The second kappa shape index (κ2) is 41.1. The molecule has 23 rings (SSSR count). The number of nitrogens with zero attached hydrogens (tertiary/aromatic N) is 3. The van der Waals surface area contributed by atoms with E-state index in [0.717, 1.165) is 17.5 Å². The summed E-state index contributed by atoms with van der Waals surface area (Å²) in [6.07, 6.45) is 27.1. The third-order valence-corrected chi connectivity index (χ3v) is 35.0. The molecule has 0 spiro atoms. The summed E-state index contributed by atoms with van der Waals surface area (Å²) >= 11 is 0. The molecule has 16 aromatic carbocycles. The number of hydrogen-bond acceptors (Lipinski definition) is 3. The summed E-state index contributed by atoms with van der Waals surface area (Å²) in [5.41, 5.74) is 48.9. The van der Waals surface area contributed by atoms with Crippen LogP contribution in [0.15, 0.2) is 358 Å². The minimum absolute atomic E-state index is 0.000143. The van der Waals surface area contributed by atoms with E-state index in [-0.39, 0.29) is 37.9 Å². The summed E-state index contributed by atoms with van der Waals surface area (Å²) in [7, 11) is 0. The summed E-state index contributed by atoms with van der Waals surface area (Å²) in [4.78, 5) is 7.46. The Bertz CT molecular complexity index is 7400. The van der Waals surface area contributed by atoms with Gasteiger partial charge in [0.15, 0.2) is 0 Å². The molecule has 0 N–H and O–H groups in total. The van der Waals surface area contributed by atoms with Crippen molar-refractivity contribution in [3.63, 3.8) is 0 Å². The minimum atomic E-state index is -0.0890. The zero-order valence-electron chi connectivity index (χ0n) is 91.9. The topological polar surface area (TPSA) is 9.72 Å². The van der Waals surface area contributed by atoms with Gasteiger partial charge >= 0.3 is 0 Å². The van der Waals surface area contributed by atoms with Gasteiger partial charge in [-0.05, 0) is 368 Å². The predicted molar refractivity (Wildman–Crippen MR) is 636 cm³/mol. The van der Waals surface area contributed by atoms with E-state index in [1.807, 2.05) is 0 Å². The number of hydrogen-bond donors (Lipinski definition) is 0. The number of anilines is 9. The fraction of sp³-hybridized carbons (Fsp3) is 0.338. The average Bonchev–Trinajstić information content (AvgIpc) is 1.58. The molecule has 0 heterocycles. The highest BCUT2D eigenvalue weighted by Gasteiger charge is 2.41. The molecule has 7 aliphatic carbocycles. The Kier molecular flexibility index (Phi) is 28.0. The van der Waals surface area contributed by atoms with E-state index >= 15 is 0 Å². The fourth-order valence-corrected chi connectivity index (χ4v) is 25.9. The van der Waals surface area contributed by atoms with E-state index in [0.29, 0.717) is 11.8 Å². The first-order valence-electron chi connectivity index (χ1n) is 56.4. The quantitative estimate of drug-likeness (QED) is 0.0900. The maximum absolute atomic E-state index is 2.50. The Morgan fingerprint density at radius 3 is 0.703 bits per heavy atom. The van der Waals surface area contributed by atoms with E-state index in [9.17, 15) is 0 Å². The highest BCUT2D eigenvalue weighted by molar-refractivity contribution is 5.92. The summed E-state index contributed by atoms with van der Waals surface area (Å²) < 4.78 is 0. The van der Waals surface area contributed by atoms with Gasteiger partial charge in [0.25, 0.3) is 0 Å². The zero-order chi connectivity index (χ0) is 103. The lowest BCUT2D eigenvalue weighted by Gasteiger charge is -2.32. The summed E-state index contributed by atoms with van der Waals surface area (Å²) in [6, 6.07) is 137. The third-order valence-electron chi connectivity index (χ3n) is 35.0. The Morgan fingerprint density at radius 2 is 0.399 bits per heavy atom. The van der Waals surface area contributed by atoms with Crippen molar-refractivity contribution in [3.8, 4) is 77.9 Å². The van der Waals surface area contributed by atoms with Gasteiger partial charge in [-0.15, -0.1) is 0 Å². The molecular weight excluding hydrogens is 1780 g/mol. The first-order valence-corrected chi connectivity index (χ1v) is 56.4. The Labute approximate surface area is 887 Å². The molecule has 0 amide bonds. The molecule has 148 heavy (non-hydrogen) atoms. The molecule has 3 heteroatoms. The van der Waals surface area contributed by atoms with Crippen LogP contribution in [0, 0.1) is 0 Å². The second-order valence-electron chi connectivity index (χ2n) is 50.3. The molecule has 0 bridgehead atoms. The molecule has 0 unspecified atom stereocenters. The summed E-state index contributed by atoms with van der Waals surface area (Å²) in [5.74, 6) is 2.85. The second-order valence-corrected chi connectivity index (χ2v) is 50.3. The Hall–Kier alpha value is -13.1. The normalized spacial score (nSPS) is 16.4. The van der Waals surface area contributed by atoms with Crippen molar-refractivity contribution in [2.45, 2.75) is 315 Å². The standard InChI is InChI=1S/C53H57N.C47H53N.C45H47N/c1-51(2,3)42-32-43(52(4,5)6)34-46(33-42)54(45-28-29-48-47-22-12-13-23-49(47)53(7,8)50(48)35-45)44-21-15-20-41(31-44)40-19-14-18-39(30-40)38-26-24-37(25-27-38)36-16-10-9-11-17-36;1-45(2,3)36-27-35(28-37(30-36)46(4,5)6)34-17-14-18-39(29-34)48(38-23-21-33(22-24-38)32-15-10-9-11-16-32)40-25-26-42-41-19-12-13-20-43(41)47(7,8)44(42)31-40;1-45(2)43-19-10-9-18-41(43)42-29-28-40(31-44(42)45)46(38-26-24-35(25-27-38)33-14-7-4-8-15-33)39-17-11-16-37(30-39)36-22-20-34(21-23-36)32-12-5-3-6-13-32/h12-15,18-36H,9-11,16-17H2,1-8H3;12-14,17-32H,9-11,15-16H2,1-8H3;9-11,16-33H,3-8,12-15H2,1-2H3. The van der Waals surface area contributed by atoms with Gasteiger partial charge in [0.05, 0.1) is 0 Å². The van der Waals surface area contributed by atoms with E-state index in [1.165, 1.54) is 330 Å². The Balaban J connectivity index is 0.000000130. The van der Waals surface area contributed by atoms with Crippen molar-refractivity contribution in [1.29, 1.82) is 0 Å². The smallest absolute Gasteiger partial charge is 0.0467 e. The van der Waals surface area contributed by atoms with E-state index in [4.69, 9.17) is 0 Å². The highest BCUT2D eigenvalue weighted by atomic mass is 15.2. The van der Waals surface area contributed by atoms with Crippen LogP contribution in [-0.4, -0.2) is 0 Å². The van der Waals surface area contributed by atoms with Crippen LogP contribution in [0.4, 0.5) is 51.2 Å². The maximum atomic E-state index is 2.50. The van der Waals surface area contributed by atoms with E-state index < -0.39 is 0 Å². The number of fused-ring (bicyclic) bond motifs is 9. The fourth-order valence-electron chi connectivity index (χ4n) is 25.9. The average molecular weight is 1940 g/mol. The predicted octanol–water partition coefficient (Wildman–Crippen LogP) is 42.4. The van der Waals surface area contributed by atoms with Gasteiger partial charge in [-0.3, -0.25) is 0 Å². The third kappa shape index (κ3) is 20.6. The molecule has 3 nitrogen and oxygen atoms in total. The van der Waals surface area contributed by atoms with Gasteiger partial charge in [-0.1, -0.05) is 444 Å². The van der Waals surface area contributed by atoms with Crippen LogP contribution >= 0.6 is 0 Å². The molecule has 0 aliphatic heterocycles. The van der Waals surface area contributed by atoms with Crippen LogP contribution in [0.3, 0.4) is 0 Å². The van der Waals surface area contributed by atoms with E-state index in [2.05, 4.69) is 497 Å². The van der Waals surface area contributed by atoms with Crippen LogP contribution in [0.1, 0.15) is 355 Å². The zero-order valence-corrected chi connectivity index (χ0v) is 91.9. The maximum Gasteiger partial charge on any atom is 0.0467 e. The number of benzene rings is 16. The minimum Gasteiger partial charge on any atom is -0.310 e. The molecule has 16 aromatic rings. The lowest BCUT2D eigenvalue weighted by molar-refractivity contribution is 0.443. The highest BCUT2D eigenvalue weighted by Crippen LogP contribution is 2.57. The summed E-state index contributed by atoms with van der Waals surface area (Å²) in [6.45, 7) is 42.2. The Morgan fingerprint density at radius 1 is 0.169 bits per heavy atom. The van der Waals surface area contributed by atoms with Crippen LogP contribution in [0.25, 0.3) is 77.9 Å². The molecule has 4 saturated carbocycles. The monoisotopic (exact) mass is 1940 g/mol. The first-order chi connectivity index (χ1) is 71.1. The van der Waals surface area contributed by atoms with Gasteiger partial charge in [0.2, 0.25) is 0 Å². The van der Waals surface area contributed by atoms with Gasteiger partial charge < -0.3 is 14.7 Å². The first kappa shape index (κ1) is 101. The summed E-state index contributed by atoms with van der Waals surface area (Å²) in [5, 5.41) is 0. The SMILES string of the molecule is CC(C)(C)c1cc(-c2cccc(N(c3ccc(C4CCCCC4)cc3)c3ccc4c(c3)C(C)(C)c3ccccc3-4)c2)cc(C(C)(C)C)c1.CC(C)(C)c1cc(N(c2cccc(-c3cccc(-c4ccc(C5CCCCC5)cc4)c3)c2)c2ccc3c(c2)C(C)(C)c2ccccc2-3)cc(C(C)(C)C)c1.CC1(C)c2ccccc2-c2ccc(N(c3ccc(C4CCCCC4)cc3)c3cccc(-c4ccc(C5CCCCC5)cc4)c3)cc21. The van der Waals surface area contributed by atoms with Crippen molar-refractivity contribution in [3.05, 3.63) is 436 Å². The van der Waals surface area contributed by atoms with E-state index in [1.54, 1.807) is 0 Å². The molecule has 7 aliphatic rings. The number of rotatable bonds is 17. The molecule has 752 valence electrons. The molecule has 0 aromatic heterocycles. The molecule has 4 fully saturated rings. The molecular formula is C145H157N3. The van der Waals surface area contributed by atoms with Crippen LogP contribution in [-0.2, 0) is 37.9 Å². The van der Waals surface area contributed by atoms with Gasteiger partial charge in [-0.2, -0.15) is 0 Å². The van der Waals surface area contributed by atoms with Gasteiger partial charge in [-0.25, -0.2) is 0 Å². The largest absolute Gasteiger partial charge is 0.310 e. The van der Waals surface area contributed by atoms with Crippen LogP contribution in [0.5, 0.6) is 0 Å².